The Kier molecular flexibility index (Phi) is 4.54. The largest absolute Gasteiger partial charge is 0.341 e. The van der Waals surface area contributed by atoms with E-state index in [0.717, 1.165) is 24.8 Å². The predicted octanol–water partition coefficient (Wildman–Crippen LogP) is 4.50. The zero-order chi connectivity index (χ0) is 16.8. The van der Waals surface area contributed by atoms with Crippen molar-refractivity contribution in [3.05, 3.63) is 32.8 Å². The molecule has 1 atom stereocenters. The second-order valence-corrected chi connectivity index (χ2v) is 8.22. The van der Waals surface area contributed by atoms with Crippen LogP contribution in [0.25, 0.3) is 0 Å². The minimum atomic E-state index is -1.67. The molecule has 23 heavy (non-hydrogen) atoms. The maximum Gasteiger partial charge on any atom is 0.254 e. The van der Waals surface area contributed by atoms with Crippen LogP contribution in [0.4, 0.5) is 0 Å². The molecule has 1 saturated carbocycles. The van der Waals surface area contributed by atoms with E-state index in [0.29, 0.717) is 34.3 Å². The van der Waals surface area contributed by atoms with Gasteiger partial charge in [0.1, 0.15) is 5.54 Å². The van der Waals surface area contributed by atoms with Crippen LogP contribution in [-0.2, 0) is 20.9 Å². The molecule has 1 spiro atoms. The Hall–Kier alpha value is -0.580. The number of ketones is 1. The number of benzene rings is 1. The molecule has 1 unspecified atom stereocenters. The van der Waals surface area contributed by atoms with Crippen molar-refractivity contribution < 1.29 is 9.59 Å². The molecule has 0 radical (unpaired) electrons. The second kappa shape index (κ2) is 6.05. The second-order valence-electron chi connectivity index (χ2n) is 6.36. The lowest BCUT2D eigenvalue weighted by Gasteiger charge is -2.32. The molecule has 3 nitrogen and oxygen atoms in total. The molecule has 1 N–H and O–H groups in total. The van der Waals surface area contributed by atoms with Gasteiger partial charge in [0, 0.05) is 15.1 Å². The molecule has 2 fully saturated rings. The number of aryl methyl sites for hydroxylation is 1. The first-order valence-corrected chi connectivity index (χ1v) is 9.45. The minimum absolute atomic E-state index is 0.214. The third-order valence-corrected chi connectivity index (χ3v) is 6.36. The summed E-state index contributed by atoms with van der Waals surface area (Å²) in [6, 6.07) is 3.46. The number of halogens is 3. The van der Waals surface area contributed by atoms with Gasteiger partial charge in [-0.25, -0.2) is 0 Å². The summed E-state index contributed by atoms with van der Waals surface area (Å²) >= 11 is 16.3. The van der Waals surface area contributed by atoms with E-state index in [1.807, 2.05) is 6.92 Å². The lowest BCUT2D eigenvalue weighted by molar-refractivity contribution is -0.127. The summed E-state index contributed by atoms with van der Waals surface area (Å²) in [5.74, 6) is -0.627. The van der Waals surface area contributed by atoms with E-state index >= 15 is 0 Å². The number of hydrogen-bond donors (Lipinski definition) is 1. The molecule has 1 aliphatic carbocycles. The number of carbonyl (C=O) groups is 2. The zero-order valence-corrected chi connectivity index (χ0v) is 15.9. The summed E-state index contributed by atoms with van der Waals surface area (Å²) in [7, 11) is 0. The normalized spacial score (nSPS) is 26.6. The van der Waals surface area contributed by atoms with Gasteiger partial charge in [-0.1, -0.05) is 65.3 Å². The maximum absolute atomic E-state index is 13.3. The topological polar surface area (TPSA) is 46.2 Å². The van der Waals surface area contributed by atoms with Gasteiger partial charge >= 0.3 is 0 Å². The Morgan fingerprint density at radius 3 is 2.48 bits per heavy atom. The lowest BCUT2D eigenvalue weighted by atomic mass is 9.76. The van der Waals surface area contributed by atoms with Crippen molar-refractivity contribution in [2.24, 2.45) is 0 Å². The van der Waals surface area contributed by atoms with Crippen molar-refractivity contribution in [3.63, 3.8) is 0 Å². The van der Waals surface area contributed by atoms with Gasteiger partial charge < -0.3 is 5.32 Å². The first-order chi connectivity index (χ1) is 10.8. The lowest BCUT2D eigenvalue weighted by Crippen LogP contribution is -2.48. The number of amides is 1. The van der Waals surface area contributed by atoms with E-state index in [1.54, 1.807) is 12.1 Å². The highest BCUT2D eigenvalue weighted by atomic mass is 79.9. The molecule has 1 amide bonds. The van der Waals surface area contributed by atoms with Gasteiger partial charge in [-0.3, -0.25) is 9.59 Å². The SMILES string of the molecule is CCc1cc(Cl)cc(Br)c1C1(Cl)C(=O)NC2(CCCCC2)C1=O. The van der Waals surface area contributed by atoms with Crippen molar-refractivity contribution in [1.29, 1.82) is 0 Å². The molecular formula is C17H18BrCl2NO2. The number of nitrogens with one attached hydrogen (secondary N) is 1. The fourth-order valence-corrected chi connectivity index (χ4v) is 5.56. The summed E-state index contributed by atoms with van der Waals surface area (Å²) in [5, 5.41) is 3.48. The maximum atomic E-state index is 13.3. The first kappa shape index (κ1) is 17.2. The molecule has 1 aliphatic heterocycles. The fraction of sp³-hybridized carbons (Fsp3) is 0.529. The molecule has 1 aromatic carbocycles. The highest BCUT2D eigenvalue weighted by Crippen LogP contribution is 2.48. The van der Waals surface area contributed by atoms with E-state index in [4.69, 9.17) is 23.2 Å². The Labute approximate surface area is 154 Å². The van der Waals surface area contributed by atoms with E-state index in [9.17, 15) is 9.59 Å². The Balaban J connectivity index is 2.15. The Bertz CT molecular complexity index is 685. The van der Waals surface area contributed by atoms with Crippen molar-refractivity contribution in [3.8, 4) is 0 Å². The summed E-state index contributed by atoms with van der Waals surface area (Å²) < 4.78 is 0.605. The molecule has 124 valence electrons. The monoisotopic (exact) mass is 417 g/mol. The van der Waals surface area contributed by atoms with E-state index in [1.165, 1.54) is 0 Å². The number of carbonyl (C=O) groups excluding carboxylic acids is 2. The number of rotatable bonds is 2. The standard InChI is InChI=1S/C17H18BrCl2NO2/c1-2-10-8-11(19)9-12(18)13(10)17(20)14(22)16(21-15(17)23)6-4-3-5-7-16/h8-9H,2-7H2,1H3,(H,21,23). The molecule has 0 aromatic heterocycles. The molecule has 6 heteroatoms. The predicted molar refractivity (Wildman–Crippen MR) is 95.0 cm³/mol. The van der Waals surface area contributed by atoms with Crippen LogP contribution < -0.4 is 5.32 Å². The molecule has 1 saturated heterocycles. The highest BCUT2D eigenvalue weighted by molar-refractivity contribution is 9.10. The van der Waals surface area contributed by atoms with Crippen LogP contribution in [-0.4, -0.2) is 17.2 Å². The quantitative estimate of drug-likeness (QED) is 0.567. The van der Waals surface area contributed by atoms with E-state index in [2.05, 4.69) is 21.2 Å². The number of hydrogen-bond acceptors (Lipinski definition) is 2. The highest BCUT2D eigenvalue weighted by Gasteiger charge is 2.63. The van der Waals surface area contributed by atoms with Crippen molar-refractivity contribution in [2.45, 2.75) is 55.9 Å². The molecule has 1 heterocycles. The van der Waals surface area contributed by atoms with Gasteiger partial charge in [-0.15, -0.1) is 0 Å². The number of Topliss-reactive ketones (excluding diaryl/α,β-unsaturated/α-hetero) is 1. The summed E-state index contributed by atoms with van der Waals surface area (Å²) in [5.41, 5.74) is 0.549. The van der Waals surface area contributed by atoms with Crippen molar-refractivity contribution >= 4 is 50.8 Å². The average molecular weight is 419 g/mol. The zero-order valence-electron chi connectivity index (χ0n) is 12.8. The molecule has 1 aromatic rings. The first-order valence-electron chi connectivity index (χ1n) is 7.90. The third-order valence-electron chi connectivity index (χ3n) is 4.98. The van der Waals surface area contributed by atoms with Crippen LogP contribution in [0, 0.1) is 0 Å². The average Bonchev–Trinajstić information content (AvgIpc) is 2.69. The van der Waals surface area contributed by atoms with Crippen LogP contribution in [0.2, 0.25) is 5.02 Å². The van der Waals surface area contributed by atoms with Gasteiger partial charge in [0.15, 0.2) is 5.78 Å². The van der Waals surface area contributed by atoms with E-state index < -0.39 is 16.3 Å². The molecule has 0 bridgehead atoms. The van der Waals surface area contributed by atoms with Crippen LogP contribution in [0.1, 0.15) is 50.2 Å². The van der Waals surface area contributed by atoms with Crippen LogP contribution in [0.15, 0.2) is 16.6 Å². The van der Waals surface area contributed by atoms with Crippen LogP contribution >= 0.6 is 39.1 Å². The van der Waals surface area contributed by atoms with Crippen molar-refractivity contribution in [2.75, 3.05) is 0 Å². The van der Waals surface area contributed by atoms with Gasteiger partial charge in [0.25, 0.3) is 5.91 Å². The fourth-order valence-electron chi connectivity index (χ4n) is 3.82. The third kappa shape index (κ3) is 2.54. The van der Waals surface area contributed by atoms with Crippen LogP contribution in [0.3, 0.4) is 0 Å². The van der Waals surface area contributed by atoms with Gasteiger partial charge in [-0.2, -0.15) is 0 Å². The minimum Gasteiger partial charge on any atom is -0.341 e. The van der Waals surface area contributed by atoms with Gasteiger partial charge in [-0.05, 0) is 37.0 Å². The Morgan fingerprint density at radius 1 is 1.22 bits per heavy atom. The molecule has 2 aliphatic rings. The summed E-state index contributed by atoms with van der Waals surface area (Å²) in [4.78, 5) is 24.3. The smallest absolute Gasteiger partial charge is 0.254 e. The summed E-state index contributed by atoms with van der Waals surface area (Å²) in [6.07, 6.45) is 4.92. The Morgan fingerprint density at radius 2 is 1.87 bits per heavy atom. The van der Waals surface area contributed by atoms with Gasteiger partial charge in [0.2, 0.25) is 4.87 Å². The van der Waals surface area contributed by atoms with Crippen LogP contribution in [0.5, 0.6) is 0 Å². The van der Waals surface area contributed by atoms with Crippen molar-refractivity contribution in [1.82, 2.24) is 5.32 Å². The molecule has 3 rings (SSSR count). The summed E-state index contributed by atoms with van der Waals surface area (Å²) in [6.45, 7) is 1.95. The number of alkyl halides is 1. The van der Waals surface area contributed by atoms with Gasteiger partial charge in [0.05, 0.1) is 0 Å². The molecular weight excluding hydrogens is 401 g/mol. The van der Waals surface area contributed by atoms with E-state index in [-0.39, 0.29) is 5.78 Å².